The van der Waals surface area contributed by atoms with Crippen molar-refractivity contribution in [1.82, 2.24) is 19.7 Å². The average molecular weight is 382 g/mol. The fraction of sp³-hybridized carbons (Fsp3) is 0.400. The molecule has 27 heavy (non-hydrogen) atoms. The summed E-state index contributed by atoms with van der Waals surface area (Å²) in [6.07, 6.45) is 11.9. The highest BCUT2D eigenvalue weighted by Crippen LogP contribution is 2.33. The van der Waals surface area contributed by atoms with Crippen LogP contribution in [0.5, 0.6) is 0 Å². The Balaban J connectivity index is 1.44. The van der Waals surface area contributed by atoms with Gasteiger partial charge in [0.05, 0.1) is 17.8 Å². The van der Waals surface area contributed by atoms with Crippen LogP contribution in [0.1, 0.15) is 48.7 Å². The molecule has 0 atom stereocenters. The number of aromatic nitrogens is 4. The van der Waals surface area contributed by atoms with Crippen LogP contribution in [0.2, 0.25) is 0 Å². The smallest absolute Gasteiger partial charge is 0.231 e. The molecule has 0 spiro atoms. The fourth-order valence-corrected chi connectivity index (χ4v) is 4.50. The van der Waals surface area contributed by atoms with Crippen molar-refractivity contribution in [2.24, 2.45) is 7.05 Å². The molecule has 0 aliphatic heterocycles. The largest absolute Gasteiger partial charge is 0.323 e. The van der Waals surface area contributed by atoms with Crippen molar-refractivity contribution in [3.05, 3.63) is 46.8 Å². The van der Waals surface area contributed by atoms with Gasteiger partial charge in [0.15, 0.2) is 0 Å². The minimum Gasteiger partial charge on any atom is -0.323 e. The number of thiazole rings is 1. The second kappa shape index (κ2) is 8.00. The van der Waals surface area contributed by atoms with Gasteiger partial charge in [-0.25, -0.2) is 4.98 Å². The predicted octanol–water partition coefficient (Wildman–Crippen LogP) is 4.17. The predicted molar refractivity (Wildman–Crippen MR) is 107 cm³/mol. The minimum atomic E-state index is -0.0668. The zero-order chi connectivity index (χ0) is 18.6. The van der Waals surface area contributed by atoms with Crippen molar-refractivity contribution in [2.45, 2.75) is 44.4 Å². The van der Waals surface area contributed by atoms with Crippen molar-refractivity contribution in [2.75, 3.05) is 5.32 Å². The summed E-state index contributed by atoms with van der Waals surface area (Å²) in [4.78, 5) is 21.3. The number of amides is 1. The molecule has 1 N–H and O–H groups in total. The molecule has 1 amide bonds. The van der Waals surface area contributed by atoms with Crippen molar-refractivity contribution < 1.29 is 4.79 Å². The van der Waals surface area contributed by atoms with E-state index >= 15 is 0 Å². The summed E-state index contributed by atoms with van der Waals surface area (Å²) >= 11 is 1.59. The molecule has 4 rings (SSSR count). The minimum absolute atomic E-state index is 0.0668. The van der Waals surface area contributed by atoms with Crippen LogP contribution in [0, 0.1) is 0 Å². The van der Waals surface area contributed by atoms with E-state index < -0.39 is 0 Å². The lowest BCUT2D eigenvalue weighted by Gasteiger charge is -2.19. The molecule has 0 saturated heterocycles. The Bertz CT molecular complexity index is 912. The van der Waals surface area contributed by atoms with Gasteiger partial charge in [-0.15, -0.1) is 11.3 Å². The third-order valence-corrected chi connectivity index (χ3v) is 5.83. The molecule has 6 nitrogen and oxygen atoms in total. The lowest BCUT2D eigenvalue weighted by molar-refractivity contribution is -0.115. The Morgan fingerprint density at radius 3 is 2.81 bits per heavy atom. The lowest BCUT2D eigenvalue weighted by atomic mass is 9.87. The summed E-state index contributed by atoms with van der Waals surface area (Å²) in [6, 6.07) is 3.77. The number of rotatable bonds is 5. The molecule has 1 fully saturated rings. The van der Waals surface area contributed by atoms with Gasteiger partial charge in [0.2, 0.25) is 5.91 Å². The third kappa shape index (κ3) is 4.24. The van der Waals surface area contributed by atoms with Gasteiger partial charge in [0, 0.05) is 42.5 Å². The normalized spacial score (nSPS) is 15.0. The molecule has 0 bridgehead atoms. The van der Waals surface area contributed by atoms with Gasteiger partial charge in [0.25, 0.3) is 0 Å². The summed E-state index contributed by atoms with van der Waals surface area (Å²) in [6.45, 7) is 0. The van der Waals surface area contributed by atoms with Crippen molar-refractivity contribution in [3.63, 3.8) is 0 Å². The maximum absolute atomic E-state index is 12.6. The van der Waals surface area contributed by atoms with Crippen LogP contribution in [0.25, 0.3) is 11.3 Å². The summed E-state index contributed by atoms with van der Waals surface area (Å²) < 4.78 is 1.70. The summed E-state index contributed by atoms with van der Waals surface area (Å²) in [5, 5.41) is 10.5. The zero-order valence-electron chi connectivity index (χ0n) is 15.4. The average Bonchev–Trinajstić information content (AvgIpc) is 3.29. The molecule has 1 saturated carbocycles. The highest BCUT2D eigenvalue weighted by Gasteiger charge is 2.19. The zero-order valence-corrected chi connectivity index (χ0v) is 16.2. The molecule has 1 aliphatic rings. The molecule has 140 valence electrons. The van der Waals surface area contributed by atoms with E-state index in [4.69, 9.17) is 4.98 Å². The first-order valence-electron chi connectivity index (χ1n) is 9.37. The molecule has 1 aliphatic carbocycles. The van der Waals surface area contributed by atoms with Crippen LogP contribution >= 0.6 is 11.3 Å². The Hall–Kier alpha value is -2.54. The first-order chi connectivity index (χ1) is 13.2. The topological polar surface area (TPSA) is 72.7 Å². The van der Waals surface area contributed by atoms with Crippen LogP contribution < -0.4 is 5.32 Å². The Labute approximate surface area is 162 Å². The van der Waals surface area contributed by atoms with Gasteiger partial charge in [-0.05, 0) is 25.0 Å². The van der Waals surface area contributed by atoms with E-state index in [1.54, 1.807) is 28.4 Å². The van der Waals surface area contributed by atoms with Crippen LogP contribution in [-0.4, -0.2) is 25.7 Å². The lowest BCUT2D eigenvalue weighted by Crippen LogP contribution is -2.14. The third-order valence-electron chi connectivity index (χ3n) is 4.96. The fourth-order valence-electron chi connectivity index (χ4n) is 3.63. The number of carbonyl (C=O) groups excluding carboxylic acids is 1. The summed E-state index contributed by atoms with van der Waals surface area (Å²) in [7, 11) is 1.84. The van der Waals surface area contributed by atoms with Gasteiger partial charge in [-0.1, -0.05) is 19.3 Å². The van der Waals surface area contributed by atoms with Gasteiger partial charge in [-0.2, -0.15) is 5.10 Å². The Morgan fingerprint density at radius 1 is 1.26 bits per heavy atom. The first kappa shape index (κ1) is 17.9. The molecule has 3 aromatic rings. The van der Waals surface area contributed by atoms with E-state index in [2.05, 4.69) is 20.8 Å². The van der Waals surface area contributed by atoms with Gasteiger partial charge < -0.3 is 5.32 Å². The number of pyridine rings is 1. The molecule has 0 aromatic carbocycles. The maximum Gasteiger partial charge on any atom is 0.231 e. The molecule has 0 unspecified atom stereocenters. The Kier molecular flexibility index (Phi) is 5.29. The molecule has 7 heteroatoms. The number of hydrogen-bond acceptors (Lipinski definition) is 5. The molecular formula is C20H23N5OS. The van der Waals surface area contributed by atoms with E-state index in [0.717, 1.165) is 16.3 Å². The number of carbonyl (C=O) groups is 1. The monoisotopic (exact) mass is 381 g/mol. The number of anilines is 1. The maximum atomic E-state index is 12.6. The van der Waals surface area contributed by atoms with Crippen molar-refractivity contribution in [1.29, 1.82) is 0 Å². The number of aryl methyl sites for hydroxylation is 1. The van der Waals surface area contributed by atoms with E-state index in [1.165, 1.54) is 37.8 Å². The standard InChI is InChI=1S/C20H23N5OS/c1-25-12-16(20(24-25)15-7-9-21-10-8-15)22-18(26)11-19-23-17(13-27-19)14-5-3-2-4-6-14/h7-10,12-14H,2-6,11H2,1H3,(H,22,26). The van der Waals surface area contributed by atoms with Gasteiger partial charge in [0.1, 0.15) is 10.7 Å². The van der Waals surface area contributed by atoms with Crippen LogP contribution in [0.15, 0.2) is 36.1 Å². The number of hydrogen-bond donors (Lipinski definition) is 1. The second-order valence-corrected chi connectivity index (χ2v) is 7.97. The molecule has 0 radical (unpaired) electrons. The van der Waals surface area contributed by atoms with Crippen molar-refractivity contribution >= 4 is 22.9 Å². The van der Waals surface area contributed by atoms with Crippen molar-refractivity contribution in [3.8, 4) is 11.3 Å². The SMILES string of the molecule is Cn1cc(NC(=O)Cc2nc(C3CCCCC3)cs2)c(-c2ccncc2)n1. The van der Waals surface area contributed by atoms with Gasteiger partial charge in [-0.3, -0.25) is 14.5 Å². The summed E-state index contributed by atoms with van der Waals surface area (Å²) in [5.74, 6) is 0.506. The van der Waals surface area contributed by atoms with Crippen LogP contribution in [0.4, 0.5) is 5.69 Å². The quantitative estimate of drug-likeness (QED) is 0.720. The number of nitrogens with one attached hydrogen (secondary N) is 1. The highest BCUT2D eigenvalue weighted by atomic mass is 32.1. The summed E-state index contributed by atoms with van der Waals surface area (Å²) in [5.41, 5.74) is 3.55. The van der Waals surface area contributed by atoms with Crippen LogP contribution in [0.3, 0.4) is 0 Å². The molecular weight excluding hydrogens is 358 g/mol. The van der Waals surface area contributed by atoms with E-state index in [0.29, 0.717) is 18.0 Å². The Morgan fingerprint density at radius 2 is 2.04 bits per heavy atom. The van der Waals surface area contributed by atoms with E-state index in [-0.39, 0.29) is 5.91 Å². The molecule has 3 aromatic heterocycles. The highest BCUT2D eigenvalue weighted by molar-refractivity contribution is 7.09. The first-order valence-corrected chi connectivity index (χ1v) is 10.2. The van der Waals surface area contributed by atoms with E-state index in [9.17, 15) is 4.79 Å². The van der Waals surface area contributed by atoms with Crippen LogP contribution in [-0.2, 0) is 18.3 Å². The second-order valence-electron chi connectivity index (χ2n) is 7.03. The van der Waals surface area contributed by atoms with Gasteiger partial charge >= 0.3 is 0 Å². The molecule has 3 heterocycles. The number of nitrogens with zero attached hydrogens (tertiary/aromatic N) is 4. The van der Waals surface area contributed by atoms with E-state index in [1.807, 2.05) is 25.4 Å².